The van der Waals surface area contributed by atoms with Crippen LogP contribution in [-0.4, -0.2) is 12.9 Å². The van der Waals surface area contributed by atoms with E-state index in [-0.39, 0.29) is 5.78 Å². The molecule has 0 aliphatic carbocycles. The van der Waals surface area contributed by atoms with Gasteiger partial charge in [0.25, 0.3) is 0 Å². The van der Waals surface area contributed by atoms with E-state index in [4.69, 9.17) is 10.5 Å². The van der Waals surface area contributed by atoms with Crippen LogP contribution < -0.4 is 10.5 Å². The zero-order valence-electron chi connectivity index (χ0n) is 11.4. The molecule has 2 N–H and O–H groups in total. The average molecular weight is 255 g/mol. The largest absolute Gasteiger partial charge is 0.495 e. The molecule has 19 heavy (non-hydrogen) atoms. The number of hydrogen-bond donors (Lipinski definition) is 1. The lowest BCUT2D eigenvalue weighted by molar-refractivity contribution is 0.103. The second-order valence-electron chi connectivity index (χ2n) is 4.55. The number of methoxy groups -OCH3 is 1. The second-order valence-corrected chi connectivity index (χ2v) is 4.55. The van der Waals surface area contributed by atoms with Gasteiger partial charge in [-0.05, 0) is 43.2 Å². The summed E-state index contributed by atoms with van der Waals surface area (Å²) in [6, 6.07) is 10.9. The molecular weight excluding hydrogens is 238 g/mol. The lowest BCUT2D eigenvalue weighted by Gasteiger charge is -2.10. The first-order valence-electron chi connectivity index (χ1n) is 6.09. The highest BCUT2D eigenvalue weighted by atomic mass is 16.5. The van der Waals surface area contributed by atoms with Gasteiger partial charge in [-0.2, -0.15) is 0 Å². The number of carbonyl (C=O) groups excluding carboxylic acids is 1. The third-order valence-corrected chi connectivity index (χ3v) is 3.30. The lowest BCUT2D eigenvalue weighted by atomic mass is 9.98. The Balaban J connectivity index is 2.47. The van der Waals surface area contributed by atoms with Gasteiger partial charge in [0.05, 0.1) is 12.8 Å². The van der Waals surface area contributed by atoms with Gasteiger partial charge in [-0.15, -0.1) is 0 Å². The molecule has 0 saturated heterocycles. The third-order valence-electron chi connectivity index (χ3n) is 3.30. The Morgan fingerprint density at radius 2 is 1.84 bits per heavy atom. The number of para-hydroxylation sites is 1. The van der Waals surface area contributed by atoms with Crippen molar-refractivity contribution in [2.75, 3.05) is 12.8 Å². The molecule has 0 radical (unpaired) electrons. The van der Waals surface area contributed by atoms with Crippen LogP contribution in [0.15, 0.2) is 36.4 Å². The number of aryl methyl sites for hydroxylation is 2. The van der Waals surface area contributed by atoms with Gasteiger partial charge in [0.2, 0.25) is 0 Å². The predicted molar refractivity (Wildman–Crippen MR) is 76.8 cm³/mol. The molecule has 98 valence electrons. The zero-order chi connectivity index (χ0) is 14.0. The molecule has 3 nitrogen and oxygen atoms in total. The minimum atomic E-state index is -0.0838. The Kier molecular flexibility index (Phi) is 3.56. The first-order valence-corrected chi connectivity index (χ1v) is 6.09. The Morgan fingerprint density at radius 1 is 1.11 bits per heavy atom. The van der Waals surface area contributed by atoms with E-state index in [9.17, 15) is 4.79 Å². The molecule has 0 aliphatic rings. The van der Waals surface area contributed by atoms with E-state index in [1.807, 2.05) is 32.0 Å². The smallest absolute Gasteiger partial charge is 0.195 e. The van der Waals surface area contributed by atoms with Crippen LogP contribution in [0.2, 0.25) is 0 Å². The standard InChI is InChI=1S/C16H17NO2/c1-10-7-8-12(9-11(10)2)16(18)13-5-4-6-14(19-3)15(13)17/h4-9H,17H2,1-3H3. The van der Waals surface area contributed by atoms with Crippen molar-refractivity contribution in [1.82, 2.24) is 0 Å². The molecule has 0 aliphatic heterocycles. The Bertz CT molecular complexity index is 633. The van der Waals surface area contributed by atoms with E-state index in [1.54, 1.807) is 18.2 Å². The Hall–Kier alpha value is -2.29. The summed E-state index contributed by atoms with van der Waals surface area (Å²) in [5.74, 6) is 0.439. The van der Waals surface area contributed by atoms with Crippen LogP contribution in [0.5, 0.6) is 5.75 Å². The summed E-state index contributed by atoms with van der Waals surface area (Å²) < 4.78 is 5.14. The number of carbonyl (C=O) groups is 1. The molecule has 0 heterocycles. The summed E-state index contributed by atoms with van der Waals surface area (Å²) in [6.07, 6.45) is 0. The van der Waals surface area contributed by atoms with Crippen LogP contribution in [0.4, 0.5) is 5.69 Å². The van der Waals surface area contributed by atoms with Crippen molar-refractivity contribution in [3.05, 3.63) is 58.7 Å². The maximum Gasteiger partial charge on any atom is 0.195 e. The number of rotatable bonds is 3. The highest BCUT2D eigenvalue weighted by Crippen LogP contribution is 2.27. The van der Waals surface area contributed by atoms with Gasteiger partial charge >= 0.3 is 0 Å². The molecule has 3 heteroatoms. The van der Waals surface area contributed by atoms with Gasteiger partial charge in [-0.1, -0.05) is 18.2 Å². The summed E-state index contributed by atoms with van der Waals surface area (Å²) in [5.41, 5.74) is 9.71. The Labute approximate surface area is 113 Å². The quantitative estimate of drug-likeness (QED) is 0.677. The molecule has 0 aromatic heterocycles. The first kappa shape index (κ1) is 13.1. The maximum absolute atomic E-state index is 12.5. The summed E-state index contributed by atoms with van der Waals surface area (Å²) in [7, 11) is 1.54. The second kappa shape index (κ2) is 5.14. The average Bonchev–Trinajstić information content (AvgIpc) is 2.41. The fraction of sp³-hybridized carbons (Fsp3) is 0.188. The van der Waals surface area contributed by atoms with Crippen molar-refractivity contribution in [1.29, 1.82) is 0 Å². The van der Waals surface area contributed by atoms with Crippen LogP contribution in [0, 0.1) is 13.8 Å². The number of nitrogens with two attached hydrogens (primary N) is 1. The summed E-state index contributed by atoms with van der Waals surface area (Å²) in [6.45, 7) is 4.00. The van der Waals surface area contributed by atoms with Crippen LogP contribution in [0.1, 0.15) is 27.0 Å². The maximum atomic E-state index is 12.5. The van der Waals surface area contributed by atoms with E-state index in [0.29, 0.717) is 22.6 Å². The molecule has 0 amide bonds. The number of anilines is 1. The number of ether oxygens (including phenoxy) is 1. The van der Waals surface area contributed by atoms with Crippen molar-refractivity contribution in [2.45, 2.75) is 13.8 Å². The number of ketones is 1. The third kappa shape index (κ3) is 2.45. The zero-order valence-corrected chi connectivity index (χ0v) is 11.4. The van der Waals surface area contributed by atoms with Gasteiger partial charge in [-0.3, -0.25) is 4.79 Å². The monoisotopic (exact) mass is 255 g/mol. The highest BCUT2D eigenvalue weighted by molar-refractivity contribution is 6.12. The molecule has 2 rings (SSSR count). The van der Waals surface area contributed by atoms with Crippen LogP contribution in [0.3, 0.4) is 0 Å². The van der Waals surface area contributed by atoms with Crippen molar-refractivity contribution >= 4 is 11.5 Å². The van der Waals surface area contributed by atoms with E-state index >= 15 is 0 Å². The molecular formula is C16H17NO2. The fourth-order valence-corrected chi connectivity index (χ4v) is 1.96. The topological polar surface area (TPSA) is 52.3 Å². The molecule has 2 aromatic carbocycles. The van der Waals surface area contributed by atoms with Gasteiger partial charge in [-0.25, -0.2) is 0 Å². The summed E-state index contributed by atoms with van der Waals surface area (Å²) >= 11 is 0. The molecule has 0 spiro atoms. The summed E-state index contributed by atoms with van der Waals surface area (Å²) in [4.78, 5) is 12.5. The fourth-order valence-electron chi connectivity index (χ4n) is 1.96. The number of nitrogen functional groups attached to an aromatic ring is 1. The minimum absolute atomic E-state index is 0.0838. The molecule has 0 saturated carbocycles. The minimum Gasteiger partial charge on any atom is -0.495 e. The van der Waals surface area contributed by atoms with Crippen LogP contribution in [0.25, 0.3) is 0 Å². The van der Waals surface area contributed by atoms with Crippen molar-refractivity contribution in [3.63, 3.8) is 0 Å². The molecule has 2 aromatic rings. The van der Waals surface area contributed by atoms with Gasteiger partial charge < -0.3 is 10.5 Å². The molecule has 0 atom stereocenters. The lowest BCUT2D eigenvalue weighted by Crippen LogP contribution is -2.07. The first-order chi connectivity index (χ1) is 9.04. The number of benzene rings is 2. The summed E-state index contributed by atoms with van der Waals surface area (Å²) in [5, 5.41) is 0. The van der Waals surface area contributed by atoms with Gasteiger partial charge in [0.15, 0.2) is 5.78 Å². The van der Waals surface area contributed by atoms with E-state index in [0.717, 1.165) is 11.1 Å². The molecule has 0 fully saturated rings. The number of hydrogen-bond acceptors (Lipinski definition) is 3. The van der Waals surface area contributed by atoms with Gasteiger partial charge in [0, 0.05) is 11.1 Å². The van der Waals surface area contributed by atoms with Crippen molar-refractivity contribution in [2.24, 2.45) is 0 Å². The Morgan fingerprint density at radius 3 is 2.47 bits per heavy atom. The van der Waals surface area contributed by atoms with Crippen molar-refractivity contribution in [3.8, 4) is 5.75 Å². The molecule has 0 unspecified atom stereocenters. The predicted octanol–water partition coefficient (Wildman–Crippen LogP) is 3.13. The SMILES string of the molecule is COc1cccc(C(=O)c2ccc(C)c(C)c2)c1N. The normalized spacial score (nSPS) is 10.3. The van der Waals surface area contributed by atoms with Crippen LogP contribution >= 0.6 is 0 Å². The van der Waals surface area contributed by atoms with E-state index in [1.165, 1.54) is 7.11 Å². The van der Waals surface area contributed by atoms with E-state index in [2.05, 4.69) is 0 Å². The highest BCUT2D eigenvalue weighted by Gasteiger charge is 2.15. The van der Waals surface area contributed by atoms with Crippen LogP contribution in [-0.2, 0) is 0 Å². The van der Waals surface area contributed by atoms with Crippen molar-refractivity contribution < 1.29 is 9.53 Å². The van der Waals surface area contributed by atoms with E-state index < -0.39 is 0 Å². The molecule has 0 bridgehead atoms. The van der Waals surface area contributed by atoms with Gasteiger partial charge in [0.1, 0.15) is 5.75 Å².